The van der Waals surface area contributed by atoms with Gasteiger partial charge in [-0.3, -0.25) is 4.79 Å². The molecule has 0 unspecified atom stereocenters. The number of halogens is 1. The summed E-state index contributed by atoms with van der Waals surface area (Å²) < 4.78 is 2.05. The topological polar surface area (TPSA) is 34.0 Å². The van der Waals surface area contributed by atoms with Crippen molar-refractivity contribution in [1.29, 1.82) is 0 Å². The molecular formula is C18H17ClN2O. The van der Waals surface area contributed by atoms with Crippen molar-refractivity contribution in [1.82, 2.24) is 9.88 Å². The maximum Gasteiger partial charge on any atom is 0.224 e. The average molecular weight is 313 g/mol. The summed E-state index contributed by atoms with van der Waals surface area (Å²) >= 11 is 6.09. The van der Waals surface area contributed by atoms with E-state index in [4.69, 9.17) is 11.6 Å². The van der Waals surface area contributed by atoms with Crippen molar-refractivity contribution in [3.63, 3.8) is 0 Å². The molecule has 3 aromatic rings. The molecular weight excluding hydrogens is 296 g/mol. The Morgan fingerprint density at radius 2 is 1.82 bits per heavy atom. The van der Waals surface area contributed by atoms with Crippen LogP contribution in [0.3, 0.4) is 0 Å². The second-order valence-electron chi connectivity index (χ2n) is 5.33. The van der Waals surface area contributed by atoms with E-state index in [1.807, 2.05) is 60.3 Å². The number of aryl methyl sites for hydroxylation is 1. The number of hydrogen-bond acceptors (Lipinski definition) is 1. The van der Waals surface area contributed by atoms with Crippen LogP contribution in [0, 0.1) is 0 Å². The summed E-state index contributed by atoms with van der Waals surface area (Å²) in [4.78, 5) is 12.2. The van der Waals surface area contributed by atoms with Crippen molar-refractivity contribution in [2.24, 2.45) is 7.05 Å². The van der Waals surface area contributed by atoms with E-state index in [1.165, 1.54) is 0 Å². The molecule has 0 spiro atoms. The van der Waals surface area contributed by atoms with Crippen molar-refractivity contribution in [3.8, 4) is 0 Å². The standard InChI is InChI=1S/C18H17ClN2O/c1-21-12-14(15-7-3-5-9-17(15)21)10-18(22)20-11-13-6-2-4-8-16(13)19/h2-9,12H,10-11H2,1H3,(H,20,22). The highest BCUT2D eigenvalue weighted by atomic mass is 35.5. The summed E-state index contributed by atoms with van der Waals surface area (Å²) in [5.41, 5.74) is 3.10. The molecule has 0 radical (unpaired) electrons. The van der Waals surface area contributed by atoms with Crippen LogP contribution < -0.4 is 5.32 Å². The van der Waals surface area contributed by atoms with Crippen LogP contribution in [0.2, 0.25) is 5.02 Å². The Kier molecular flexibility index (Phi) is 4.16. The Bertz CT molecular complexity index is 823. The Labute approximate surface area is 134 Å². The number of hydrogen-bond donors (Lipinski definition) is 1. The number of nitrogens with zero attached hydrogens (tertiary/aromatic N) is 1. The van der Waals surface area contributed by atoms with Crippen LogP contribution in [0.15, 0.2) is 54.7 Å². The van der Waals surface area contributed by atoms with Gasteiger partial charge in [-0.15, -0.1) is 0 Å². The zero-order valence-corrected chi connectivity index (χ0v) is 13.1. The molecule has 0 fully saturated rings. The molecule has 0 aliphatic rings. The van der Waals surface area contributed by atoms with Crippen LogP contribution in [-0.2, 0) is 24.8 Å². The third-order valence-electron chi connectivity index (χ3n) is 3.76. The first kappa shape index (κ1) is 14.7. The lowest BCUT2D eigenvalue weighted by atomic mass is 10.1. The Morgan fingerprint density at radius 1 is 1.09 bits per heavy atom. The van der Waals surface area contributed by atoms with E-state index in [2.05, 4.69) is 11.4 Å². The van der Waals surface area contributed by atoms with Gasteiger partial charge < -0.3 is 9.88 Å². The van der Waals surface area contributed by atoms with Gasteiger partial charge in [0.05, 0.1) is 6.42 Å². The van der Waals surface area contributed by atoms with Crippen molar-refractivity contribution in [3.05, 3.63) is 70.9 Å². The highest BCUT2D eigenvalue weighted by Crippen LogP contribution is 2.20. The molecule has 4 heteroatoms. The number of aromatic nitrogens is 1. The first-order chi connectivity index (χ1) is 10.6. The molecule has 0 saturated carbocycles. The van der Waals surface area contributed by atoms with E-state index in [9.17, 15) is 4.79 Å². The monoisotopic (exact) mass is 312 g/mol. The fraction of sp³-hybridized carbons (Fsp3) is 0.167. The van der Waals surface area contributed by atoms with Crippen molar-refractivity contribution >= 4 is 28.4 Å². The second-order valence-corrected chi connectivity index (χ2v) is 5.73. The molecule has 1 amide bonds. The second kappa shape index (κ2) is 6.24. The van der Waals surface area contributed by atoms with Gasteiger partial charge in [0.1, 0.15) is 0 Å². The SMILES string of the molecule is Cn1cc(CC(=O)NCc2ccccc2Cl)c2ccccc21. The first-order valence-corrected chi connectivity index (χ1v) is 7.56. The minimum atomic E-state index is -0.00345. The highest BCUT2D eigenvalue weighted by Gasteiger charge is 2.10. The van der Waals surface area contributed by atoms with E-state index in [0.717, 1.165) is 22.0 Å². The number of para-hydroxylation sites is 1. The highest BCUT2D eigenvalue weighted by molar-refractivity contribution is 6.31. The lowest BCUT2D eigenvalue weighted by molar-refractivity contribution is -0.120. The third kappa shape index (κ3) is 3.00. The van der Waals surface area contributed by atoms with Crippen LogP contribution in [0.5, 0.6) is 0 Å². The molecule has 112 valence electrons. The fourth-order valence-electron chi connectivity index (χ4n) is 2.64. The summed E-state index contributed by atoms with van der Waals surface area (Å²) in [7, 11) is 1.99. The molecule has 0 saturated heterocycles. The number of rotatable bonds is 4. The van der Waals surface area contributed by atoms with Crippen LogP contribution in [0.1, 0.15) is 11.1 Å². The third-order valence-corrected chi connectivity index (χ3v) is 4.13. The summed E-state index contributed by atoms with van der Waals surface area (Å²) in [6.45, 7) is 0.448. The van der Waals surface area contributed by atoms with E-state index >= 15 is 0 Å². The minimum absolute atomic E-state index is 0.00345. The summed E-state index contributed by atoms with van der Waals surface area (Å²) in [6, 6.07) is 15.6. The number of carbonyl (C=O) groups is 1. The zero-order valence-electron chi connectivity index (χ0n) is 12.3. The molecule has 0 atom stereocenters. The predicted octanol–water partition coefficient (Wildman–Crippen LogP) is 3.69. The number of nitrogens with one attached hydrogen (secondary N) is 1. The van der Waals surface area contributed by atoms with Gasteiger partial charge in [-0.05, 0) is 23.3 Å². The maximum absolute atomic E-state index is 12.2. The summed E-state index contributed by atoms with van der Waals surface area (Å²) in [5.74, 6) is -0.00345. The van der Waals surface area contributed by atoms with Gasteiger partial charge in [0.15, 0.2) is 0 Å². The largest absolute Gasteiger partial charge is 0.352 e. The molecule has 0 aliphatic carbocycles. The van der Waals surface area contributed by atoms with Crippen molar-refractivity contribution < 1.29 is 4.79 Å². The molecule has 3 nitrogen and oxygen atoms in total. The molecule has 1 heterocycles. The molecule has 2 aromatic carbocycles. The maximum atomic E-state index is 12.2. The predicted molar refractivity (Wildman–Crippen MR) is 89.9 cm³/mol. The Morgan fingerprint density at radius 3 is 2.64 bits per heavy atom. The van der Waals surface area contributed by atoms with E-state index in [-0.39, 0.29) is 5.91 Å². The van der Waals surface area contributed by atoms with Crippen LogP contribution in [-0.4, -0.2) is 10.5 Å². The van der Waals surface area contributed by atoms with E-state index in [1.54, 1.807) is 0 Å². The number of amides is 1. The molecule has 0 aliphatic heterocycles. The van der Waals surface area contributed by atoms with Crippen LogP contribution in [0.25, 0.3) is 10.9 Å². The lowest BCUT2D eigenvalue weighted by Crippen LogP contribution is -2.24. The van der Waals surface area contributed by atoms with E-state index < -0.39 is 0 Å². The molecule has 3 rings (SSSR count). The van der Waals surface area contributed by atoms with Gasteiger partial charge in [-0.1, -0.05) is 48.0 Å². The Balaban J connectivity index is 1.70. The number of carbonyl (C=O) groups excluding carboxylic acids is 1. The van der Waals surface area contributed by atoms with E-state index in [0.29, 0.717) is 18.0 Å². The van der Waals surface area contributed by atoms with Gasteiger partial charge in [0.2, 0.25) is 5.91 Å². The normalized spacial score (nSPS) is 10.8. The van der Waals surface area contributed by atoms with Crippen LogP contribution >= 0.6 is 11.6 Å². The zero-order chi connectivity index (χ0) is 15.5. The fourth-order valence-corrected chi connectivity index (χ4v) is 2.84. The smallest absolute Gasteiger partial charge is 0.224 e. The number of benzene rings is 2. The number of fused-ring (bicyclic) bond motifs is 1. The summed E-state index contributed by atoms with van der Waals surface area (Å²) in [5, 5.41) is 4.73. The molecule has 1 aromatic heterocycles. The van der Waals surface area contributed by atoms with Crippen LogP contribution in [0.4, 0.5) is 0 Å². The molecule has 0 bridgehead atoms. The average Bonchev–Trinajstić information content (AvgIpc) is 2.83. The van der Waals surface area contributed by atoms with Gasteiger partial charge in [0.25, 0.3) is 0 Å². The van der Waals surface area contributed by atoms with Gasteiger partial charge >= 0.3 is 0 Å². The van der Waals surface area contributed by atoms with Crippen molar-refractivity contribution in [2.45, 2.75) is 13.0 Å². The minimum Gasteiger partial charge on any atom is -0.352 e. The van der Waals surface area contributed by atoms with Crippen molar-refractivity contribution in [2.75, 3.05) is 0 Å². The summed E-state index contributed by atoms with van der Waals surface area (Å²) in [6.07, 6.45) is 2.38. The van der Waals surface area contributed by atoms with Gasteiger partial charge in [-0.2, -0.15) is 0 Å². The molecule has 1 N–H and O–H groups in total. The quantitative estimate of drug-likeness (QED) is 0.783. The molecule has 22 heavy (non-hydrogen) atoms. The Hall–Kier alpha value is -2.26. The first-order valence-electron chi connectivity index (χ1n) is 7.18. The lowest BCUT2D eigenvalue weighted by Gasteiger charge is -2.06. The van der Waals surface area contributed by atoms with Gasteiger partial charge in [-0.25, -0.2) is 0 Å². The van der Waals surface area contributed by atoms with Gasteiger partial charge in [0, 0.05) is 35.7 Å².